The first-order valence-corrected chi connectivity index (χ1v) is 12.8. The number of hydroxylamine groups is 2. The van der Waals surface area contributed by atoms with E-state index in [1.54, 1.807) is 14.1 Å². The van der Waals surface area contributed by atoms with Gasteiger partial charge in [-0.1, -0.05) is 19.9 Å². The molecule has 1 fully saturated rings. The van der Waals surface area contributed by atoms with Gasteiger partial charge in [0.25, 0.3) is 0 Å². The van der Waals surface area contributed by atoms with Gasteiger partial charge in [0.1, 0.15) is 24.5 Å². The minimum Gasteiger partial charge on any atom is -0.472 e. The summed E-state index contributed by atoms with van der Waals surface area (Å²) in [7, 11) is 3.19. The first-order valence-electron chi connectivity index (χ1n) is 12.8. The van der Waals surface area contributed by atoms with Gasteiger partial charge in [0.2, 0.25) is 11.8 Å². The van der Waals surface area contributed by atoms with E-state index in [-0.39, 0.29) is 25.5 Å². The molecule has 3 atom stereocenters. The molecule has 4 bridgehead atoms. The van der Waals surface area contributed by atoms with Gasteiger partial charge >= 0.3 is 12.1 Å². The zero-order valence-electron chi connectivity index (χ0n) is 21.8. The van der Waals surface area contributed by atoms with Crippen molar-refractivity contribution in [3.63, 3.8) is 0 Å². The van der Waals surface area contributed by atoms with Crippen LogP contribution in [0.2, 0.25) is 0 Å². The number of rotatable bonds is 3. The third-order valence-corrected chi connectivity index (χ3v) is 6.58. The zero-order valence-corrected chi connectivity index (χ0v) is 21.8. The third kappa shape index (κ3) is 6.46. The van der Waals surface area contributed by atoms with E-state index in [2.05, 4.69) is 15.3 Å². The second-order valence-corrected chi connectivity index (χ2v) is 10.0. The summed E-state index contributed by atoms with van der Waals surface area (Å²) in [6, 6.07) is 4.26. The maximum atomic E-state index is 13.7. The van der Waals surface area contributed by atoms with Crippen molar-refractivity contribution in [2.45, 2.75) is 64.1 Å². The monoisotopic (exact) mass is 513 g/mol. The summed E-state index contributed by atoms with van der Waals surface area (Å²) in [6.45, 7) is 4.06. The van der Waals surface area contributed by atoms with E-state index in [0.717, 1.165) is 35.7 Å². The van der Waals surface area contributed by atoms with Crippen molar-refractivity contribution in [3.8, 4) is 5.88 Å². The molecule has 3 heterocycles. The lowest BCUT2D eigenvalue weighted by molar-refractivity contribution is -0.185. The summed E-state index contributed by atoms with van der Waals surface area (Å²) in [5, 5.41) is 4.77. The highest BCUT2D eigenvalue weighted by molar-refractivity contribution is 5.90. The number of hydrogen-bond donors (Lipinski definition) is 1. The van der Waals surface area contributed by atoms with Crippen molar-refractivity contribution in [1.29, 1.82) is 0 Å². The third-order valence-electron chi connectivity index (χ3n) is 6.58. The largest absolute Gasteiger partial charge is 0.472 e. The smallest absolute Gasteiger partial charge is 0.407 e. The number of hydrogen-bond acceptors (Lipinski definition) is 9. The Kier molecular flexibility index (Phi) is 8.42. The molecule has 2 aromatic rings. The van der Waals surface area contributed by atoms with E-state index < -0.39 is 36.2 Å². The van der Waals surface area contributed by atoms with Crippen molar-refractivity contribution in [2.24, 2.45) is 5.92 Å². The van der Waals surface area contributed by atoms with Gasteiger partial charge in [-0.05, 0) is 49.3 Å². The number of fused-ring (bicyclic) bond motifs is 3. The van der Waals surface area contributed by atoms with Gasteiger partial charge in [0.15, 0.2) is 0 Å². The maximum Gasteiger partial charge on any atom is 0.407 e. The van der Waals surface area contributed by atoms with E-state index in [1.165, 1.54) is 16.3 Å². The average Bonchev–Trinajstić information content (AvgIpc) is 3.27. The zero-order chi connectivity index (χ0) is 26.5. The molecule has 2 amide bonds. The SMILES string of the molecule is CC(C)[C@@H]1NC(=O)OCCCCCc2ccc3ncnc(c3c2)O[C@@H]2C[C@@H](C(=O)ON(C)C)N(C2)C1=O. The molecule has 1 aromatic carbocycles. The summed E-state index contributed by atoms with van der Waals surface area (Å²) in [5.74, 6) is -0.792. The lowest BCUT2D eigenvalue weighted by Gasteiger charge is -2.30. The number of alkyl carbamates (subject to hydrolysis) is 1. The number of ether oxygens (including phenoxy) is 2. The number of aromatic nitrogens is 2. The molecule has 0 spiro atoms. The topological polar surface area (TPSA) is 123 Å². The van der Waals surface area contributed by atoms with Gasteiger partial charge in [-0.15, -0.1) is 5.06 Å². The first-order chi connectivity index (χ1) is 17.7. The molecule has 11 nitrogen and oxygen atoms in total. The minimum absolute atomic E-state index is 0.136. The predicted molar refractivity (Wildman–Crippen MR) is 135 cm³/mol. The normalized spacial score (nSPS) is 23.4. The molecule has 200 valence electrons. The quantitative estimate of drug-likeness (QED) is 0.617. The van der Waals surface area contributed by atoms with Gasteiger partial charge in [0.05, 0.1) is 24.1 Å². The van der Waals surface area contributed by atoms with Crippen molar-refractivity contribution in [2.75, 3.05) is 27.2 Å². The van der Waals surface area contributed by atoms with Crippen LogP contribution in [0, 0.1) is 5.92 Å². The first kappa shape index (κ1) is 26.6. The Morgan fingerprint density at radius 1 is 1.19 bits per heavy atom. The Morgan fingerprint density at radius 2 is 2.00 bits per heavy atom. The fraction of sp³-hybridized carbons (Fsp3) is 0.577. The number of cyclic esters (lactones) is 1. The fourth-order valence-corrected chi connectivity index (χ4v) is 4.71. The number of nitrogens with one attached hydrogen (secondary N) is 1. The Bertz CT molecular complexity index is 1140. The van der Waals surface area contributed by atoms with Crippen LogP contribution in [0.3, 0.4) is 0 Å². The van der Waals surface area contributed by atoms with Crippen LogP contribution in [0.4, 0.5) is 4.79 Å². The van der Waals surface area contributed by atoms with Crippen LogP contribution in [0.1, 0.15) is 45.1 Å². The molecule has 0 aliphatic carbocycles. The summed E-state index contributed by atoms with van der Waals surface area (Å²) in [4.78, 5) is 54.6. The molecule has 11 heteroatoms. The highest BCUT2D eigenvalue weighted by Crippen LogP contribution is 2.29. The second kappa shape index (κ2) is 11.7. The van der Waals surface area contributed by atoms with Crippen molar-refractivity contribution in [1.82, 2.24) is 25.2 Å². The number of carbonyl (C=O) groups excluding carboxylic acids is 3. The molecule has 1 N–H and O–H groups in total. The van der Waals surface area contributed by atoms with Crippen LogP contribution >= 0.6 is 0 Å². The van der Waals surface area contributed by atoms with Crippen LogP contribution in [0.15, 0.2) is 24.5 Å². The molecule has 1 saturated heterocycles. The molecule has 0 unspecified atom stereocenters. The molecule has 37 heavy (non-hydrogen) atoms. The van der Waals surface area contributed by atoms with E-state index >= 15 is 0 Å². The van der Waals surface area contributed by atoms with E-state index in [0.29, 0.717) is 12.3 Å². The Balaban J connectivity index is 1.68. The minimum atomic E-state index is -0.885. The maximum absolute atomic E-state index is 13.7. The molecule has 2 aliphatic rings. The number of aryl methyl sites for hydroxylation is 1. The Morgan fingerprint density at radius 3 is 2.76 bits per heavy atom. The van der Waals surface area contributed by atoms with Crippen LogP contribution in [0.5, 0.6) is 5.88 Å². The summed E-state index contributed by atoms with van der Waals surface area (Å²) < 4.78 is 11.6. The molecule has 4 rings (SSSR count). The van der Waals surface area contributed by atoms with Crippen molar-refractivity contribution >= 4 is 28.9 Å². The van der Waals surface area contributed by atoms with Gasteiger partial charge in [0, 0.05) is 20.5 Å². The number of amides is 2. The van der Waals surface area contributed by atoms with E-state index in [9.17, 15) is 14.4 Å². The van der Waals surface area contributed by atoms with Crippen molar-refractivity contribution < 1.29 is 28.7 Å². The van der Waals surface area contributed by atoms with Crippen LogP contribution in [0.25, 0.3) is 10.9 Å². The van der Waals surface area contributed by atoms with Gasteiger partial charge in [-0.3, -0.25) is 4.79 Å². The molecular weight excluding hydrogens is 478 g/mol. The standard InChI is InChI=1S/C26H35N5O6/c1-16(2)22-24(32)31-14-18(13-21(31)25(33)37-30(3)4)36-23-19-12-17(9-10-20(19)27-15-28-23)8-6-5-7-11-35-26(34)29-22/h9-10,12,15-16,18,21-22H,5-8,11,13-14H2,1-4H3,(H,29,34)/t18-,21+,22+/m1/s1. The van der Waals surface area contributed by atoms with Crippen LogP contribution < -0.4 is 10.1 Å². The van der Waals surface area contributed by atoms with Gasteiger partial charge in [-0.25, -0.2) is 19.6 Å². The number of nitrogens with zero attached hydrogens (tertiary/aromatic N) is 4. The molecule has 0 radical (unpaired) electrons. The second-order valence-electron chi connectivity index (χ2n) is 10.0. The van der Waals surface area contributed by atoms with Crippen molar-refractivity contribution in [3.05, 3.63) is 30.1 Å². The predicted octanol–water partition coefficient (Wildman–Crippen LogP) is 2.48. The van der Waals surface area contributed by atoms with Crippen LogP contribution in [-0.2, 0) is 25.6 Å². The van der Waals surface area contributed by atoms with E-state index in [1.807, 2.05) is 32.0 Å². The fourth-order valence-electron chi connectivity index (χ4n) is 4.71. The number of carbonyl (C=O) groups is 3. The Hall–Kier alpha value is -3.47. The number of benzene rings is 1. The van der Waals surface area contributed by atoms with Gasteiger partial charge < -0.3 is 24.5 Å². The van der Waals surface area contributed by atoms with E-state index in [4.69, 9.17) is 14.3 Å². The Labute approximate surface area is 216 Å². The van der Waals surface area contributed by atoms with Crippen LogP contribution in [-0.4, -0.2) is 83.3 Å². The lowest BCUT2D eigenvalue weighted by Crippen LogP contribution is -2.54. The molecule has 1 aromatic heterocycles. The molecule has 2 aliphatic heterocycles. The van der Waals surface area contributed by atoms with Gasteiger partial charge in [-0.2, -0.15) is 0 Å². The molecular formula is C26H35N5O6. The average molecular weight is 514 g/mol. The summed E-state index contributed by atoms with van der Waals surface area (Å²) in [6.07, 6.45) is 3.90. The summed E-state index contributed by atoms with van der Waals surface area (Å²) >= 11 is 0. The summed E-state index contributed by atoms with van der Waals surface area (Å²) in [5.41, 5.74) is 1.89. The molecule has 0 saturated carbocycles. The highest BCUT2D eigenvalue weighted by Gasteiger charge is 2.45. The highest BCUT2D eigenvalue weighted by atomic mass is 16.7. The lowest BCUT2D eigenvalue weighted by atomic mass is 10.0.